The van der Waals surface area contributed by atoms with Crippen LogP contribution in [-0.2, 0) is 0 Å². The summed E-state index contributed by atoms with van der Waals surface area (Å²) in [5.74, 6) is 0. The van der Waals surface area contributed by atoms with Gasteiger partial charge in [-0.25, -0.2) is 8.78 Å². The van der Waals surface area contributed by atoms with E-state index in [0.29, 0.717) is 0 Å². The molecular formula is C6H10F8N2. The highest BCUT2D eigenvalue weighted by atomic mass is 19.4. The number of alkyl halides is 8. The fourth-order valence-electron chi connectivity index (χ4n) is 0.176. The molecule has 16 heavy (non-hydrogen) atoms. The highest BCUT2D eigenvalue weighted by molar-refractivity contribution is 4.54. The van der Waals surface area contributed by atoms with Crippen molar-refractivity contribution in [1.82, 2.24) is 9.80 Å². The van der Waals surface area contributed by atoms with E-state index >= 15 is 0 Å². The van der Waals surface area contributed by atoms with Crippen LogP contribution in [0, 0.1) is 0 Å². The number of rotatable bonds is 2. The molecule has 10 heteroatoms. The zero-order valence-electron chi connectivity index (χ0n) is 8.33. The van der Waals surface area contributed by atoms with Crippen LogP contribution in [0.4, 0.5) is 35.1 Å². The van der Waals surface area contributed by atoms with Crippen molar-refractivity contribution in [1.29, 1.82) is 0 Å². The van der Waals surface area contributed by atoms with Gasteiger partial charge in [-0.1, -0.05) is 0 Å². The van der Waals surface area contributed by atoms with Gasteiger partial charge in [0.25, 0.3) is 0 Å². The minimum Gasteiger partial charge on any atom is -0.252 e. The molecule has 100 valence electrons. The monoisotopic (exact) mass is 262 g/mol. The lowest BCUT2D eigenvalue weighted by Gasteiger charge is -2.21. The van der Waals surface area contributed by atoms with Crippen LogP contribution in [0.1, 0.15) is 0 Å². The minimum atomic E-state index is -5.35. The molecule has 0 atom stereocenters. The van der Waals surface area contributed by atoms with Gasteiger partial charge < -0.3 is 0 Å². The van der Waals surface area contributed by atoms with Crippen LogP contribution in [0.15, 0.2) is 0 Å². The average Bonchev–Trinajstić information content (AvgIpc) is 2.13. The van der Waals surface area contributed by atoms with E-state index in [9.17, 15) is 35.1 Å². The van der Waals surface area contributed by atoms with Crippen molar-refractivity contribution in [3.63, 3.8) is 0 Å². The average molecular weight is 262 g/mol. The zero-order chi connectivity index (χ0) is 13.6. The molecule has 2 nitrogen and oxygen atoms in total. The molecule has 0 aliphatic rings. The van der Waals surface area contributed by atoms with Gasteiger partial charge in [-0.2, -0.15) is 26.3 Å². The van der Waals surface area contributed by atoms with Crippen LogP contribution < -0.4 is 0 Å². The van der Waals surface area contributed by atoms with Gasteiger partial charge in [0.1, 0.15) is 13.6 Å². The van der Waals surface area contributed by atoms with E-state index in [0.717, 1.165) is 4.90 Å². The summed E-state index contributed by atoms with van der Waals surface area (Å²) < 4.78 is 89.1. The molecule has 0 bridgehead atoms. The molecule has 0 aliphatic heterocycles. The van der Waals surface area contributed by atoms with Gasteiger partial charge in [-0.05, 0) is 7.05 Å². The molecule has 0 aliphatic carbocycles. The summed E-state index contributed by atoms with van der Waals surface area (Å²) in [6.07, 6.45) is -10.7. The van der Waals surface area contributed by atoms with Crippen LogP contribution in [-0.4, -0.2) is 50.1 Å². The first-order valence-corrected chi connectivity index (χ1v) is 3.64. The lowest BCUT2D eigenvalue weighted by Crippen LogP contribution is -2.44. The smallest absolute Gasteiger partial charge is 0.252 e. The third-order valence-corrected chi connectivity index (χ3v) is 1.17. The predicted molar refractivity (Wildman–Crippen MR) is 39.6 cm³/mol. The second-order valence-electron chi connectivity index (χ2n) is 2.59. The molecule has 0 spiro atoms. The van der Waals surface area contributed by atoms with E-state index in [-0.39, 0.29) is 7.05 Å². The third-order valence-electron chi connectivity index (χ3n) is 1.17. The Morgan fingerprint density at radius 1 is 0.750 bits per heavy atom. The van der Waals surface area contributed by atoms with E-state index in [1.165, 1.54) is 7.05 Å². The van der Waals surface area contributed by atoms with Gasteiger partial charge in [0.15, 0.2) is 0 Å². The normalized spacial score (nSPS) is 12.8. The molecule has 0 amide bonds. The highest BCUT2D eigenvalue weighted by Crippen LogP contribution is 2.30. The maximum Gasteiger partial charge on any atom is 0.466 e. The SMILES string of the molecule is CN(C(F)(F)F)C(F)(F)F.CN(CF)CF. The van der Waals surface area contributed by atoms with E-state index in [2.05, 4.69) is 0 Å². The van der Waals surface area contributed by atoms with Crippen LogP contribution in [0.3, 0.4) is 0 Å². The zero-order valence-corrected chi connectivity index (χ0v) is 8.33. The summed E-state index contributed by atoms with van der Waals surface area (Å²) in [6, 6.07) is 0. The fourth-order valence-corrected chi connectivity index (χ4v) is 0.176. The van der Waals surface area contributed by atoms with Crippen LogP contribution in [0.25, 0.3) is 0 Å². The molecule has 0 heterocycles. The van der Waals surface area contributed by atoms with Crippen LogP contribution in [0.5, 0.6) is 0 Å². The Balaban J connectivity index is 0. The van der Waals surface area contributed by atoms with Crippen molar-refractivity contribution < 1.29 is 35.1 Å². The Hall–Kier alpha value is -0.640. The first-order valence-electron chi connectivity index (χ1n) is 3.64. The Morgan fingerprint density at radius 2 is 1.00 bits per heavy atom. The molecule has 0 radical (unpaired) electrons. The lowest BCUT2D eigenvalue weighted by molar-refractivity contribution is -0.363. The number of hydrogen-bond acceptors (Lipinski definition) is 2. The third kappa shape index (κ3) is 8.65. The number of halogens is 8. The summed E-state index contributed by atoms with van der Waals surface area (Å²) in [7, 11) is 1.28. The molecule has 0 aromatic carbocycles. The van der Waals surface area contributed by atoms with Gasteiger partial charge in [-0.15, -0.1) is 4.90 Å². The maximum absolute atomic E-state index is 11.2. The van der Waals surface area contributed by atoms with Gasteiger partial charge in [-0.3, -0.25) is 4.90 Å². The fraction of sp³-hybridized carbons (Fsp3) is 1.00. The molecule has 0 saturated carbocycles. The Kier molecular flexibility index (Phi) is 7.58. The Morgan fingerprint density at radius 3 is 1.00 bits per heavy atom. The van der Waals surface area contributed by atoms with Crippen molar-refractivity contribution >= 4 is 0 Å². The van der Waals surface area contributed by atoms with E-state index < -0.39 is 31.1 Å². The summed E-state index contributed by atoms with van der Waals surface area (Å²) in [6.45, 7) is -1.42. The minimum absolute atomic E-state index is 0.0833. The van der Waals surface area contributed by atoms with E-state index in [4.69, 9.17) is 0 Å². The van der Waals surface area contributed by atoms with Crippen molar-refractivity contribution in [3.8, 4) is 0 Å². The molecule has 0 N–H and O–H groups in total. The number of nitrogens with zero attached hydrogens (tertiary/aromatic N) is 2. The second-order valence-corrected chi connectivity index (χ2v) is 2.59. The molecular weight excluding hydrogens is 252 g/mol. The molecule has 0 aromatic rings. The highest BCUT2D eigenvalue weighted by Gasteiger charge is 2.50. The molecule has 0 saturated heterocycles. The largest absolute Gasteiger partial charge is 0.466 e. The molecule has 0 rings (SSSR count). The standard InChI is InChI=1S/C3H3F6N.C3H7F2N/c1-10(2(4,5)6)3(7,8)9;1-6(2-4)3-5/h1H3;2-3H2,1H3. The Labute approximate surface area is 86.4 Å². The lowest BCUT2D eigenvalue weighted by atomic mass is 10.8. The maximum atomic E-state index is 11.2. The first kappa shape index (κ1) is 17.7. The predicted octanol–water partition coefficient (Wildman–Crippen LogP) is 2.73. The second kappa shape index (κ2) is 6.84. The van der Waals surface area contributed by atoms with Crippen molar-refractivity contribution in [3.05, 3.63) is 0 Å². The summed E-state index contributed by atoms with van der Waals surface area (Å²) >= 11 is 0. The summed E-state index contributed by atoms with van der Waals surface area (Å²) in [5.41, 5.74) is 0. The van der Waals surface area contributed by atoms with Gasteiger partial charge in [0, 0.05) is 7.05 Å². The van der Waals surface area contributed by atoms with Crippen LogP contribution >= 0.6 is 0 Å². The molecule has 0 aromatic heterocycles. The van der Waals surface area contributed by atoms with Gasteiger partial charge in [0.2, 0.25) is 0 Å². The Bertz CT molecular complexity index is 158. The van der Waals surface area contributed by atoms with Gasteiger partial charge in [0.05, 0.1) is 0 Å². The molecule has 0 unspecified atom stereocenters. The topological polar surface area (TPSA) is 6.48 Å². The van der Waals surface area contributed by atoms with Crippen molar-refractivity contribution in [2.75, 3.05) is 27.7 Å². The van der Waals surface area contributed by atoms with E-state index in [1.54, 1.807) is 0 Å². The molecule has 0 fully saturated rings. The quantitative estimate of drug-likeness (QED) is 0.557. The van der Waals surface area contributed by atoms with Crippen LogP contribution in [0.2, 0.25) is 0 Å². The van der Waals surface area contributed by atoms with E-state index in [1.807, 2.05) is 0 Å². The van der Waals surface area contributed by atoms with Crippen molar-refractivity contribution in [2.24, 2.45) is 0 Å². The number of hydrogen-bond donors (Lipinski definition) is 0. The van der Waals surface area contributed by atoms with Gasteiger partial charge >= 0.3 is 12.6 Å². The summed E-state index contributed by atoms with van der Waals surface area (Å²) in [4.78, 5) is -0.708. The van der Waals surface area contributed by atoms with Crippen molar-refractivity contribution in [2.45, 2.75) is 12.6 Å². The first-order chi connectivity index (χ1) is 6.96. The summed E-state index contributed by atoms with van der Waals surface area (Å²) in [5, 5.41) is 0.